The number of non-ortho nitro benzene ring substituents is 1. The fraction of sp³-hybridized carbons (Fsp3) is 0.360. The van der Waals surface area contributed by atoms with Gasteiger partial charge in [0.25, 0.3) is 17.4 Å². The van der Waals surface area contributed by atoms with E-state index in [4.69, 9.17) is 0 Å². The molecule has 2 aromatic rings. The number of ketones is 1. The van der Waals surface area contributed by atoms with Crippen molar-refractivity contribution in [2.75, 3.05) is 0 Å². The van der Waals surface area contributed by atoms with Gasteiger partial charge in [0.1, 0.15) is 5.76 Å². The number of benzene rings is 2. The molecule has 0 spiro atoms. The molecule has 1 unspecified atom stereocenters. The van der Waals surface area contributed by atoms with Gasteiger partial charge >= 0.3 is 0 Å². The Morgan fingerprint density at radius 3 is 2.41 bits per heavy atom. The zero-order chi connectivity index (χ0) is 22.8. The quantitative estimate of drug-likeness (QED) is 0.237. The third-order valence-corrected chi connectivity index (χ3v) is 6.48. The van der Waals surface area contributed by atoms with Crippen molar-refractivity contribution < 1.29 is 19.6 Å². The number of aryl methyl sites for hydroxylation is 1. The van der Waals surface area contributed by atoms with E-state index in [1.165, 1.54) is 24.3 Å². The fourth-order valence-corrected chi connectivity index (χ4v) is 4.77. The third kappa shape index (κ3) is 3.90. The molecule has 7 nitrogen and oxygen atoms in total. The van der Waals surface area contributed by atoms with Crippen molar-refractivity contribution in [1.82, 2.24) is 4.90 Å². The van der Waals surface area contributed by atoms with Gasteiger partial charge in [0, 0.05) is 23.7 Å². The van der Waals surface area contributed by atoms with E-state index in [1.54, 1.807) is 4.90 Å². The number of likely N-dealkylation sites (tertiary alicyclic amines) is 1. The summed E-state index contributed by atoms with van der Waals surface area (Å²) in [5, 5.41) is 22.3. The second kappa shape index (κ2) is 8.94. The zero-order valence-electron chi connectivity index (χ0n) is 18.0. The van der Waals surface area contributed by atoms with Gasteiger partial charge in [0.05, 0.1) is 16.5 Å². The molecule has 0 radical (unpaired) electrons. The number of carbonyl (C=O) groups is 2. The molecular formula is C25H26N2O5. The summed E-state index contributed by atoms with van der Waals surface area (Å²) in [6.07, 6.45) is 5.56. The van der Waals surface area contributed by atoms with Gasteiger partial charge in [-0.3, -0.25) is 19.7 Å². The Morgan fingerprint density at radius 2 is 1.78 bits per heavy atom. The number of hydrogen-bond donors (Lipinski definition) is 1. The van der Waals surface area contributed by atoms with Crippen LogP contribution in [-0.2, 0) is 16.0 Å². The van der Waals surface area contributed by atoms with Gasteiger partial charge in [0.2, 0.25) is 0 Å². The Bertz CT molecular complexity index is 1080. The topological polar surface area (TPSA) is 101 Å². The van der Waals surface area contributed by atoms with Crippen LogP contribution in [0.25, 0.3) is 5.76 Å². The monoisotopic (exact) mass is 434 g/mol. The molecule has 1 saturated heterocycles. The Kier molecular flexibility index (Phi) is 6.08. The van der Waals surface area contributed by atoms with E-state index in [2.05, 4.69) is 0 Å². The third-order valence-electron chi connectivity index (χ3n) is 6.48. The van der Waals surface area contributed by atoms with Crippen molar-refractivity contribution in [3.8, 4) is 0 Å². The average Bonchev–Trinajstić information content (AvgIpc) is 3.09. The Morgan fingerprint density at radius 1 is 1.09 bits per heavy atom. The minimum atomic E-state index is -0.746. The molecule has 4 rings (SSSR count). The second-order valence-corrected chi connectivity index (χ2v) is 8.40. The number of carbonyl (C=O) groups excluding carboxylic acids is 2. The summed E-state index contributed by atoms with van der Waals surface area (Å²) < 4.78 is 0. The molecule has 1 aliphatic heterocycles. The van der Waals surface area contributed by atoms with Crippen LogP contribution < -0.4 is 0 Å². The molecular weight excluding hydrogens is 408 g/mol. The summed E-state index contributed by atoms with van der Waals surface area (Å²) in [7, 11) is 0. The number of hydrogen-bond acceptors (Lipinski definition) is 5. The number of Topliss-reactive ketones (excluding diaryl/α,β-unsaturated/α-hetero) is 1. The average molecular weight is 434 g/mol. The minimum absolute atomic E-state index is 0.00896. The van der Waals surface area contributed by atoms with Crippen molar-refractivity contribution in [3.05, 3.63) is 80.9 Å². The number of nitro benzene ring substituents is 1. The first-order chi connectivity index (χ1) is 15.4. The maximum Gasteiger partial charge on any atom is 0.295 e. The summed E-state index contributed by atoms with van der Waals surface area (Å²) in [6.45, 7) is 2.05. The molecule has 2 aliphatic rings. The molecule has 1 saturated carbocycles. The molecule has 1 heterocycles. The highest BCUT2D eigenvalue weighted by Crippen LogP contribution is 2.43. The lowest BCUT2D eigenvalue weighted by molar-refractivity contribution is -0.384. The summed E-state index contributed by atoms with van der Waals surface area (Å²) in [6, 6.07) is 12.4. The largest absolute Gasteiger partial charge is 0.507 e. The fourth-order valence-electron chi connectivity index (χ4n) is 4.77. The van der Waals surface area contributed by atoms with Crippen LogP contribution in [0.15, 0.2) is 54.1 Å². The lowest BCUT2D eigenvalue weighted by atomic mass is 9.90. The normalized spacial score (nSPS) is 21.2. The van der Waals surface area contributed by atoms with E-state index in [1.807, 2.05) is 31.2 Å². The zero-order valence-corrected chi connectivity index (χ0v) is 18.0. The number of aliphatic hydroxyl groups excluding tert-OH is 1. The Labute approximate surface area is 186 Å². The molecule has 7 heteroatoms. The summed E-state index contributed by atoms with van der Waals surface area (Å²) in [5.41, 5.74) is 1.82. The van der Waals surface area contributed by atoms with Crippen LogP contribution >= 0.6 is 0 Å². The Balaban J connectivity index is 1.87. The Hall–Kier alpha value is -3.48. The molecule has 166 valence electrons. The standard InChI is InChI=1S/C25H26N2O5/c1-2-16-11-13-17(14-12-16)22-21(23(28)18-7-6-10-20(15-18)27(31)32)24(29)25(30)26(22)19-8-4-3-5-9-19/h6-7,10-15,19,22,28H,2-5,8-9H2,1H3/b23-21-. The SMILES string of the molecule is CCc1ccc(C2/C(=C(/O)c3cccc([N+](=O)[O-])c3)C(=O)C(=O)N2C2CCCCC2)cc1. The second-order valence-electron chi connectivity index (χ2n) is 8.40. The minimum Gasteiger partial charge on any atom is -0.507 e. The van der Waals surface area contributed by atoms with Crippen molar-refractivity contribution in [2.24, 2.45) is 0 Å². The van der Waals surface area contributed by atoms with Gasteiger partial charge in [-0.25, -0.2) is 0 Å². The van der Waals surface area contributed by atoms with Crippen LogP contribution in [0.4, 0.5) is 5.69 Å². The van der Waals surface area contributed by atoms with Crippen molar-refractivity contribution >= 4 is 23.1 Å². The van der Waals surface area contributed by atoms with Crippen LogP contribution in [0.5, 0.6) is 0 Å². The molecule has 1 N–H and O–H groups in total. The van der Waals surface area contributed by atoms with Crippen molar-refractivity contribution in [3.63, 3.8) is 0 Å². The van der Waals surface area contributed by atoms with E-state index in [-0.39, 0.29) is 28.6 Å². The number of nitro groups is 1. The van der Waals surface area contributed by atoms with Crippen molar-refractivity contribution in [2.45, 2.75) is 57.5 Å². The first-order valence-electron chi connectivity index (χ1n) is 11.1. The highest BCUT2D eigenvalue weighted by atomic mass is 16.6. The van der Waals surface area contributed by atoms with Crippen LogP contribution in [0.2, 0.25) is 0 Å². The maximum absolute atomic E-state index is 13.2. The molecule has 0 aromatic heterocycles. The van der Waals surface area contributed by atoms with Crippen molar-refractivity contribution in [1.29, 1.82) is 0 Å². The molecule has 0 bridgehead atoms. The molecule has 2 fully saturated rings. The van der Waals surface area contributed by atoms with Gasteiger partial charge in [-0.1, -0.05) is 62.6 Å². The summed E-state index contributed by atoms with van der Waals surface area (Å²) >= 11 is 0. The number of nitrogens with zero attached hydrogens (tertiary/aromatic N) is 2. The highest BCUT2D eigenvalue weighted by molar-refractivity contribution is 6.46. The molecule has 1 atom stereocenters. The summed E-state index contributed by atoms with van der Waals surface area (Å²) in [4.78, 5) is 38.6. The number of rotatable bonds is 5. The smallest absolute Gasteiger partial charge is 0.295 e. The highest BCUT2D eigenvalue weighted by Gasteiger charge is 2.48. The molecule has 1 amide bonds. The van der Waals surface area contributed by atoms with E-state index in [9.17, 15) is 24.8 Å². The number of aliphatic hydroxyl groups is 1. The van der Waals surface area contributed by atoms with E-state index in [0.717, 1.165) is 49.7 Å². The molecule has 32 heavy (non-hydrogen) atoms. The predicted octanol–water partition coefficient (Wildman–Crippen LogP) is 4.91. The van der Waals surface area contributed by atoms with Gasteiger partial charge in [-0.05, 0) is 30.4 Å². The molecule has 2 aromatic carbocycles. The first-order valence-corrected chi connectivity index (χ1v) is 11.1. The molecule has 1 aliphatic carbocycles. The van der Waals surface area contributed by atoms with Gasteiger partial charge in [-0.15, -0.1) is 0 Å². The summed E-state index contributed by atoms with van der Waals surface area (Å²) in [5.74, 6) is -1.74. The van der Waals surface area contributed by atoms with Crippen LogP contribution in [0.1, 0.15) is 61.8 Å². The van der Waals surface area contributed by atoms with Crippen LogP contribution in [0, 0.1) is 10.1 Å². The van der Waals surface area contributed by atoms with Gasteiger partial charge < -0.3 is 10.0 Å². The lowest BCUT2D eigenvalue weighted by Crippen LogP contribution is -2.40. The van der Waals surface area contributed by atoms with Crippen LogP contribution in [-0.4, -0.2) is 32.7 Å². The first kappa shape index (κ1) is 21.7. The van der Waals surface area contributed by atoms with E-state index < -0.39 is 22.7 Å². The van der Waals surface area contributed by atoms with E-state index >= 15 is 0 Å². The number of amides is 1. The van der Waals surface area contributed by atoms with Gasteiger partial charge in [0.15, 0.2) is 0 Å². The van der Waals surface area contributed by atoms with Gasteiger partial charge in [-0.2, -0.15) is 0 Å². The maximum atomic E-state index is 13.2. The predicted molar refractivity (Wildman–Crippen MR) is 120 cm³/mol. The van der Waals surface area contributed by atoms with E-state index in [0.29, 0.717) is 0 Å². The van der Waals surface area contributed by atoms with Crippen LogP contribution in [0.3, 0.4) is 0 Å². The lowest BCUT2D eigenvalue weighted by Gasteiger charge is -2.35.